The fraction of sp³-hybridized carbons (Fsp3) is 0.750. The third kappa shape index (κ3) is 68.5. The zero-order valence-electron chi connectivity index (χ0n) is 4.45. The van der Waals surface area contributed by atoms with E-state index < -0.39 is 0 Å². The van der Waals surface area contributed by atoms with Crippen LogP contribution in [0.3, 0.4) is 0 Å². The van der Waals surface area contributed by atoms with E-state index >= 15 is 0 Å². The van der Waals surface area contributed by atoms with Crippen molar-refractivity contribution in [3.05, 3.63) is 6.57 Å². The van der Waals surface area contributed by atoms with Gasteiger partial charge in [-0.25, -0.2) is 0 Å². The molecule has 2 nitrogen and oxygen atoms in total. The van der Waals surface area contributed by atoms with Gasteiger partial charge in [-0.3, -0.25) is 0 Å². The van der Waals surface area contributed by atoms with E-state index in [1.807, 2.05) is 0 Å². The Morgan fingerprint density at radius 2 is 1.17 bits per heavy atom. The van der Waals surface area contributed by atoms with Crippen LogP contribution < -0.4 is 4.90 Å². The first-order valence-electron chi connectivity index (χ1n) is 1.72. The maximum Gasteiger partial charge on any atom is 0.0661 e. The maximum absolute atomic E-state index is 6.25. The SMILES string of the molecule is C[NH+](C)C.[C-]#N. The van der Waals surface area contributed by atoms with Crippen molar-refractivity contribution < 1.29 is 4.90 Å². The number of rotatable bonds is 0. The summed E-state index contributed by atoms with van der Waals surface area (Å²) in [6.45, 7) is 4.75. The molecule has 0 spiro atoms. The van der Waals surface area contributed by atoms with Crippen molar-refractivity contribution in [3.63, 3.8) is 0 Å². The van der Waals surface area contributed by atoms with E-state index in [9.17, 15) is 0 Å². The van der Waals surface area contributed by atoms with E-state index in [1.54, 1.807) is 0 Å². The highest BCUT2D eigenvalue weighted by molar-refractivity contribution is 3.59. The zero-order valence-corrected chi connectivity index (χ0v) is 4.45. The van der Waals surface area contributed by atoms with Crippen molar-refractivity contribution in [2.24, 2.45) is 0 Å². The second-order valence-corrected chi connectivity index (χ2v) is 1.50. The Kier molecular flexibility index (Phi) is 13.3. The van der Waals surface area contributed by atoms with Crippen LogP contribution in [0.5, 0.6) is 0 Å². The van der Waals surface area contributed by atoms with Gasteiger partial charge in [0.1, 0.15) is 0 Å². The molecule has 0 amide bonds. The Balaban J connectivity index is 0. The van der Waals surface area contributed by atoms with Crippen molar-refractivity contribution >= 4 is 0 Å². The summed E-state index contributed by atoms with van der Waals surface area (Å²) in [4.78, 5) is 1.42. The first kappa shape index (κ1) is 9.07. The van der Waals surface area contributed by atoms with Crippen LogP contribution in [-0.4, -0.2) is 21.1 Å². The molecule has 0 aliphatic heterocycles. The second kappa shape index (κ2) is 8.82. The van der Waals surface area contributed by atoms with Crippen LogP contribution in [-0.2, 0) is 0 Å². The van der Waals surface area contributed by atoms with Crippen LogP contribution in [0.25, 0.3) is 0 Å². The first-order chi connectivity index (χ1) is 2.73. The number of nitrogens with one attached hydrogen (secondary N) is 1. The summed E-state index contributed by atoms with van der Waals surface area (Å²) >= 11 is 0. The molecule has 0 saturated carbocycles. The molecule has 0 atom stereocenters. The largest absolute Gasteiger partial charge is 0.512 e. The minimum absolute atomic E-state index is 1.42. The molecule has 0 unspecified atom stereocenters. The van der Waals surface area contributed by atoms with Crippen LogP contribution in [0, 0.1) is 11.8 Å². The number of nitrogens with zero attached hydrogens (tertiary/aromatic N) is 1. The fourth-order valence-corrected chi connectivity index (χ4v) is 0. The van der Waals surface area contributed by atoms with Gasteiger partial charge < -0.3 is 16.7 Å². The summed E-state index contributed by atoms with van der Waals surface area (Å²) in [6, 6.07) is 0. The van der Waals surface area contributed by atoms with Crippen LogP contribution in [0.4, 0.5) is 0 Å². The van der Waals surface area contributed by atoms with Crippen molar-refractivity contribution in [3.8, 4) is 0 Å². The predicted octanol–water partition coefficient (Wildman–Crippen LogP) is -1.14. The van der Waals surface area contributed by atoms with Gasteiger partial charge in [-0.05, 0) is 0 Å². The quantitative estimate of drug-likeness (QED) is 0.371. The number of hydrogen-bond acceptors (Lipinski definition) is 1. The molecular weight excluding hydrogens is 76.1 g/mol. The molecule has 0 bridgehead atoms. The summed E-state index contributed by atoms with van der Waals surface area (Å²) in [5, 5.41) is 6.25. The van der Waals surface area contributed by atoms with Crippen molar-refractivity contribution in [1.82, 2.24) is 0 Å². The average molecular weight is 86.1 g/mol. The second-order valence-electron chi connectivity index (χ2n) is 1.50. The molecule has 0 aromatic carbocycles. The third-order valence-electron chi connectivity index (χ3n) is 0. The molecule has 0 rings (SSSR count). The van der Waals surface area contributed by atoms with Crippen LogP contribution in [0.1, 0.15) is 0 Å². The lowest BCUT2D eigenvalue weighted by Gasteiger charge is -1.88. The van der Waals surface area contributed by atoms with E-state index in [0.717, 1.165) is 0 Å². The minimum Gasteiger partial charge on any atom is -0.512 e. The normalized spacial score (nSPS) is 6.33. The summed E-state index contributed by atoms with van der Waals surface area (Å²) in [5.74, 6) is 0. The summed E-state index contributed by atoms with van der Waals surface area (Å²) in [6.07, 6.45) is 0. The molecule has 2 heteroatoms. The maximum atomic E-state index is 6.25. The average Bonchev–Trinajstić information content (AvgIpc) is 1.41. The summed E-state index contributed by atoms with van der Waals surface area (Å²) in [5.41, 5.74) is 0. The van der Waals surface area contributed by atoms with E-state index in [4.69, 9.17) is 11.8 Å². The molecule has 0 radical (unpaired) electrons. The molecule has 0 heterocycles. The Morgan fingerprint density at radius 1 is 1.17 bits per heavy atom. The van der Waals surface area contributed by atoms with Crippen molar-refractivity contribution in [2.75, 3.05) is 21.1 Å². The molecule has 0 saturated heterocycles. The molecule has 0 aliphatic carbocycles. The molecule has 6 heavy (non-hydrogen) atoms. The zero-order chi connectivity index (χ0) is 5.58. The highest BCUT2D eigenvalue weighted by Crippen LogP contribution is 0.864. The van der Waals surface area contributed by atoms with Crippen molar-refractivity contribution in [1.29, 1.82) is 5.26 Å². The van der Waals surface area contributed by atoms with Gasteiger partial charge in [0.05, 0.1) is 21.1 Å². The Bertz CT molecular complexity index is 27.0. The van der Waals surface area contributed by atoms with E-state index in [0.29, 0.717) is 0 Å². The van der Waals surface area contributed by atoms with Gasteiger partial charge in [-0.15, -0.1) is 0 Å². The number of hydrogen-bond donors (Lipinski definition) is 1. The lowest BCUT2D eigenvalue weighted by atomic mass is 11.0. The standard InChI is InChI=1S/C3H9N.CN/c1-4(2)3;1-2/h1-3H3;/q;-1/p+1. The van der Waals surface area contributed by atoms with Gasteiger partial charge in [0, 0.05) is 0 Å². The Morgan fingerprint density at radius 3 is 1.17 bits per heavy atom. The van der Waals surface area contributed by atoms with Gasteiger partial charge in [0.25, 0.3) is 0 Å². The topological polar surface area (TPSA) is 28.2 Å². The van der Waals surface area contributed by atoms with Crippen molar-refractivity contribution in [2.45, 2.75) is 0 Å². The minimum atomic E-state index is 1.42. The highest BCUT2D eigenvalue weighted by atomic mass is 15.0. The van der Waals surface area contributed by atoms with Crippen LogP contribution >= 0.6 is 0 Å². The smallest absolute Gasteiger partial charge is 0.0661 e. The monoisotopic (exact) mass is 86.1 g/mol. The van der Waals surface area contributed by atoms with Gasteiger partial charge in [-0.1, -0.05) is 0 Å². The van der Waals surface area contributed by atoms with E-state index in [2.05, 4.69) is 21.1 Å². The molecular formula is C4H10N2. The first-order valence-corrected chi connectivity index (χ1v) is 1.72. The highest BCUT2D eigenvalue weighted by Gasteiger charge is 1.61. The predicted molar refractivity (Wildman–Crippen MR) is 23.7 cm³/mol. The Hall–Kier alpha value is -0.550. The fourth-order valence-electron chi connectivity index (χ4n) is 0. The molecule has 0 aliphatic rings. The van der Waals surface area contributed by atoms with Gasteiger partial charge in [0.2, 0.25) is 0 Å². The van der Waals surface area contributed by atoms with E-state index in [-0.39, 0.29) is 0 Å². The third-order valence-corrected chi connectivity index (χ3v) is 0. The Labute approximate surface area is 39.0 Å². The summed E-state index contributed by atoms with van der Waals surface area (Å²) in [7, 11) is 6.25. The summed E-state index contributed by atoms with van der Waals surface area (Å²) < 4.78 is 0. The molecule has 36 valence electrons. The lowest BCUT2D eigenvalue weighted by molar-refractivity contribution is -0.836. The van der Waals surface area contributed by atoms with Gasteiger partial charge >= 0.3 is 0 Å². The van der Waals surface area contributed by atoms with Crippen LogP contribution in [0.2, 0.25) is 0 Å². The molecule has 0 aromatic rings. The van der Waals surface area contributed by atoms with Gasteiger partial charge in [0.15, 0.2) is 0 Å². The lowest BCUT2D eigenvalue weighted by Crippen LogP contribution is -3.02. The molecule has 0 aromatic heterocycles. The van der Waals surface area contributed by atoms with E-state index in [1.165, 1.54) is 4.90 Å². The van der Waals surface area contributed by atoms with Gasteiger partial charge in [-0.2, -0.15) is 0 Å². The van der Waals surface area contributed by atoms with Crippen LogP contribution in [0.15, 0.2) is 0 Å². The number of quaternary nitrogens is 1. The molecule has 0 fully saturated rings. The molecule has 1 N–H and O–H groups in total.